The molecular formula is C14H24O3. The minimum Gasteiger partial charge on any atom is -0.394 e. The summed E-state index contributed by atoms with van der Waals surface area (Å²) in [5, 5.41) is 9.38. The number of hydrogen-bond acceptors (Lipinski definition) is 3. The summed E-state index contributed by atoms with van der Waals surface area (Å²) in [5.74, 6) is 0.241. The van der Waals surface area contributed by atoms with Crippen molar-refractivity contribution in [1.82, 2.24) is 0 Å². The van der Waals surface area contributed by atoms with E-state index in [1.807, 2.05) is 27.7 Å². The molecule has 0 heterocycles. The number of allylic oxidation sites excluding steroid dienone is 1. The van der Waals surface area contributed by atoms with Gasteiger partial charge in [0.05, 0.1) is 18.3 Å². The van der Waals surface area contributed by atoms with Crippen molar-refractivity contribution in [1.29, 1.82) is 0 Å². The maximum Gasteiger partial charge on any atom is 0.137 e. The molecule has 0 bridgehead atoms. The van der Waals surface area contributed by atoms with Gasteiger partial charge in [-0.2, -0.15) is 0 Å². The highest BCUT2D eigenvalue weighted by atomic mass is 16.5. The molecule has 3 nitrogen and oxygen atoms in total. The van der Waals surface area contributed by atoms with Crippen LogP contribution in [-0.2, 0) is 9.53 Å². The van der Waals surface area contributed by atoms with Crippen molar-refractivity contribution >= 4 is 5.78 Å². The predicted molar refractivity (Wildman–Crippen MR) is 67.8 cm³/mol. The number of hydrogen-bond donors (Lipinski definition) is 1. The van der Waals surface area contributed by atoms with Gasteiger partial charge >= 0.3 is 0 Å². The molecule has 2 atom stereocenters. The number of rotatable bonds is 4. The van der Waals surface area contributed by atoms with Crippen LogP contribution in [0.15, 0.2) is 12.2 Å². The van der Waals surface area contributed by atoms with E-state index in [1.165, 1.54) is 0 Å². The number of ketones is 1. The van der Waals surface area contributed by atoms with Crippen LogP contribution < -0.4 is 0 Å². The molecular weight excluding hydrogens is 216 g/mol. The van der Waals surface area contributed by atoms with E-state index in [9.17, 15) is 9.90 Å². The monoisotopic (exact) mass is 240 g/mol. The van der Waals surface area contributed by atoms with E-state index < -0.39 is 0 Å². The van der Waals surface area contributed by atoms with E-state index in [0.29, 0.717) is 19.3 Å². The van der Waals surface area contributed by atoms with Gasteiger partial charge < -0.3 is 9.84 Å². The molecule has 0 radical (unpaired) electrons. The highest BCUT2D eigenvalue weighted by Gasteiger charge is 2.39. The number of aliphatic hydroxyl groups excluding tert-OH is 1. The molecule has 1 N–H and O–H groups in total. The molecule has 17 heavy (non-hydrogen) atoms. The second kappa shape index (κ2) is 4.91. The lowest BCUT2D eigenvalue weighted by Crippen LogP contribution is -2.34. The molecule has 0 aromatic rings. The average molecular weight is 240 g/mol. The molecule has 98 valence electrons. The SMILES string of the molecule is C=C1CC(=O)CC1(C)CC(CO)OC(C)(C)C. The van der Waals surface area contributed by atoms with E-state index in [2.05, 4.69) is 6.58 Å². The van der Waals surface area contributed by atoms with Gasteiger partial charge in [-0.3, -0.25) is 4.79 Å². The Bertz CT molecular complexity index is 314. The zero-order valence-electron chi connectivity index (χ0n) is 11.4. The molecule has 1 rings (SSSR count). The van der Waals surface area contributed by atoms with E-state index in [-0.39, 0.29) is 29.5 Å². The van der Waals surface area contributed by atoms with Crippen LogP contribution in [0, 0.1) is 5.41 Å². The maximum absolute atomic E-state index is 11.5. The zero-order chi connectivity index (χ0) is 13.3. The van der Waals surface area contributed by atoms with Crippen LogP contribution in [0.25, 0.3) is 0 Å². The van der Waals surface area contributed by atoms with Crippen LogP contribution in [-0.4, -0.2) is 29.2 Å². The molecule has 1 aliphatic rings. The standard InChI is InChI=1S/C14H24O3/c1-10-6-11(16)7-14(10,5)8-12(9-15)17-13(2,3)4/h12,15H,1,6-9H2,2-5H3. The summed E-state index contributed by atoms with van der Waals surface area (Å²) in [5.41, 5.74) is 0.474. The van der Waals surface area contributed by atoms with Gasteiger partial charge in [0.1, 0.15) is 5.78 Å². The van der Waals surface area contributed by atoms with E-state index in [0.717, 1.165) is 5.57 Å². The summed E-state index contributed by atoms with van der Waals surface area (Å²) in [6.07, 6.45) is 1.42. The first-order valence-electron chi connectivity index (χ1n) is 6.15. The van der Waals surface area contributed by atoms with E-state index in [4.69, 9.17) is 4.74 Å². The summed E-state index contributed by atoms with van der Waals surface area (Å²) in [6, 6.07) is 0. The smallest absolute Gasteiger partial charge is 0.137 e. The van der Waals surface area contributed by atoms with Crippen molar-refractivity contribution in [2.24, 2.45) is 5.41 Å². The molecule has 0 aliphatic heterocycles. The van der Waals surface area contributed by atoms with Gasteiger partial charge in [0.2, 0.25) is 0 Å². The van der Waals surface area contributed by atoms with Crippen LogP contribution in [0.4, 0.5) is 0 Å². The Kier molecular flexibility index (Phi) is 4.15. The van der Waals surface area contributed by atoms with Crippen molar-refractivity contribution in [2.45, 2.75) is 58.7 Å². The van der Waals surface area contributed by atoms with Gasteiger partial charge in [-0.15, -0.1) is 0 Å². The van der Waals surface area contributed by atoms with Crippen molar-refractivity contribution in [3.05, 3.63) is 12.2 Å². The number of carbonyl (C=O) groups is 1. The fraction of sp³-hybridized carbons (Fsp3) is 0.786. The largest absolute Gasteiger partial charge is 0.394 e. The van der Waals surface area contributed by atoms with Crippen molar-refractivity contribution < 1.29 is 14.6 Å². The van der Waals surface area contributed by atoms with Crippen LogP contribution in [0.3, 0.4) is 0 Å². The van der Waals surface area contributed by atoms with Gasteiger partial charge in [-0.1, -0.05) is 19.1 Å². The Hall–Kier alpha value is -0.670. The fourth-order valence-corrected chi connectivity index (χ4v) is 2.44. The van der Waals surface area contributed by atoms with E-state index in [1.54, 1.807) is 0 Å². The van der Waals surface area contributed by atoms with E-state index >= 15 is 0 Å². The van der Waals surface area contributed by atoms with Gasteiger partial charge in [0.25, 0.3) is 0 Å². The lowest BCUT2D eigenvalue weighted by atomic mass is 9.80. The van der Waals surface area contributed by atoms with Gasteiger partial charge in [0, 0.05) is 12.8 Å². The Balaban J connectivity index is 2.68. The third-order valence-corrected chi connectivity index (χ3v) is 3.25. The average Bonchev–Trinajstić information content (AvgIpc) is 2.37. The lowest BCUT2D eigenvalue weighted by molar-refractivity contribution is -0.118. The molecule has 1 saturated carbocycles. The summed E-state index contributed by atoms with van der Waals surface area (Å²) in [4.78, 5) is 11.5. The molecule has 2 unspecified atom stereocenters. The Morgan fingerprint density at radius 2 is 2.12 bits per heavy atom. The molecule has 3 heteroatoms. The van der Waals surface area contributed by atoms with Crippen LogP contribution in [0.5, 0.6) is 0 Å². The highest BCUT2D eigenvalue weighted by Crippen LogP contribution is 2.43. The first-order valence-corrected chi connectivity index (χ1v) is 6.15. The first-order chi connectivity index (χ1) is 7.66. The summed E-state index contributed by atoms with van der Waals surface area (Å²) < 4.78 is 5.80. The minimum absolute atomic E-state index is 0.0195. The number of ether oxygens (including phenoxy) is 1. The number of aliphatic hydroxyl groups is 1. The topological polar surface area (TPSA) is 46.5 Å². The summed E-state index contributed by atoms with van der Waals surface area (Å²) in [7, 11) is 0. The second-order valence-electron chi connectivity index (χ2n) is 6.30. The van der Waals surface area contributed by atoms with Gasteiger partial charge in [-0.05, 0) is 32.6 Å². The molecule has 0 aromatic heterocycles. The van der Waals surface area contributed by atoms with Crippen molar-refractivity contribution in [3.63, 3.8) is 0 Å². The Morgan fingerprint density at radius 3 is 2.47 bits per heavy atom. The predicted octanol–water partition coefficient (Wildman–Crippen LogP) is 2.48. The summed E-state index contributed by atoms with van der Waals surface area (Å²) >= 11 is 0. The first kappa shape index (κ1) is 14.4. The van der Waals surface area contributed by atoms with Crippen LogP contribution in [0.1, 0.15) is 47.0 Å². The highest BCUT2D eigenvalue weighted by molar-refractivity contribution is 5.85. The Morgan fingerprint density at radius 1 is 1.53 bits per heavy atom. The summed E-state index contributed by atoms with van der Waals surface area (Å²) in [6.45, 7) is 11.9. The van der Waals surface area contributed by atoms with Crippen LogP contribution in [0.2, 0.25) is 0 Å². The zero-order valence-corrected chi connectivity index (χ0v) is 11.4. The maximum atomic E-state index is 11.5. The Labute approximate surface area is 104 Å². The van der Waals surface area contributed by atoms with Crippen molar-refractivity contribution in [3.8, 4) is 0 Å². The molecule has 1 aliphatic carbocycles. The molecule has 0 aromatic carbocycles. The molecule has 0 amide bonds. The molecule has 0 saturated heterocycles. The lowest BCUT2D eigenvalue weighted by Gasteiger charge is -2.33. The quantitative estimate of drug-likeness (QED) is 0.768. The van der Waals surface area contributed by atoms with Crippen molar-refractivity contribution in [2.75, 3.05) is 6.61 Å². The minimum atomic E-state index is -0.284. The van der Waals surface area contributed by atoms with Crippen LogP contribution >= 0.6 is 0 Å². The normalized spacial score (nSPS) is 27.6. The number of carbonyl (C=O) groups excluding carboxylic acids is 1. The fourth-order valence-electron chi connectivity index (χ4n) is 2.44. The third kappa shape index (κ3) is 3.93. The van der Waals surface area contributed by atoms with Gasteiger partial charge in [-0.25, -0.2) is 0 Å². The van der Waals surface area contributed by atoms with Gasteiger partial charge in [0.15, 0.2) is 0 Å². The molecule has 0 spiro atoms. The third-order valence-electron chi connectivity index (χ3n) is 3.25. The number of Topliss-reactive ketones (excluding diaryl/α,β-unsaturated/α-hetero) is 1. The second-order valence-corrected chi connectivity index (χ2v) is 6.30. The molecule has 1 fully saturated rings.